The normalized spacial score (nSPS) is 10.6. The molecule has 20 heavy (non-hydrogen) atoms. The molecule has 0 aliphatic carbocycles. The highest BCUT2D eigenvalue weighted by atomic mass is 19.1. The van der Waals surface area contributed by atoms with Crippen molar-refractivity contribution < 1.29 is 19.0 Å². The Balaban J connectivity index is 2.46. The third-order valence-electron chi connectivity index (χ3n) is 2.76. The second kappa shape index (κ2) is 5.74. The molecule has 4 heteroatoms. The molecule has 104 valence electrons. The highest BCUT2D eigenvalue weighted by molar-refractivity contribution is 5.89. The molecule has 0 aromatic heterocycles. The number of aromatic carboxylic acids is 1. The Morgan fingerprint density at radius 2 is 1.90 bits per heavy atom. The van der Waals surface area contributed by atoms with Gasteiger partial charge in [-0.05, 0) is 37.6 Å². The fourth-order valence-corrected chi connectivity index (χ4v) is 1.92. The summed E-state index contributed by atoms with van der Waals surface area (Å²) in [6, 6.07) is 11.3. The van der Waals surface area contributed by atoms with E-state index < -0.39 is 11.8 Å². The summed E-state index contributed by atoms with van der Waals surface area (Å²) < 4.78 is 19.4. The summed E-state index contributed by atoms with van der Waals surface area (Å²) in [5.74, 6) is -1.39. The van der Waals surface area contributed by atoms with Crippen molar-refractivity contribution in [2.75, 3.05) is 0 Å². The van der Waals surface area contributed by atoms with Crippen LogP contribution in [0.4, 0.5) is 4.39 Å². The summed E-state index contributed by atoms with van der Waals surface area (Å²) in [6.45, 7) is 3.82. The number of hydrogen-bond donors (Lipinski definition) is 1. The van der Waals surface area contributed by atoms with Gasteiger partial charge in [0, 0.05) is 5.56 Å². The van der Waals surface area contributed by atoms with Crippen LogP contribution in [0.3, 0.4) is 0 Å². The maximum atomic E-state index is 13.8. The SMILES string of the molecule is CC(C)Oc1ccccc1-c1ccc(C(=O)O)c(F)c1. The standard InChI is InChI=1S/C16H15FO3/c1-10(2)20-15-6-4-3-5-12(15)11-7-8-13(16(18)19)14(17)9-11/h3-10H,1-2H3,(H,18,19). The van der Waals surface area contributed by atoms with E-state index in [2.05, 4.69) is 0 Å². The fourth-order valence-electron chi connectivity index (χ4n) is 1.92. The molecule has 2 aromatic carbocycles. The molecule has 0 heterocycles. The van der Waals surface area contributed by atoms with Crippen LogP contribution in [0, 0.1) is 5.82 Å². The van der Waals surface area contributed by atoms with Crippen LogP contribution in [0.25, 0.3) is 11.1 Å². The van der Waals surface area contributed by atoms with Gasteiger partial charge in [-0.3, -0.25) is 0 Å². The number of benzene rings is 2. The van der Waals surface area contributed by atoms with Gasteiger partial charge in [-0.25, -0.2) is 9.18 Å². The average Bonchev–Trinajstić information content (AvgIpc) is 2.38. The van der Waals surface area contributed by atoms with Crippen LogP contribution >= 0.6 is 0 Å². The number of para-hydroxylation sites is 1. The van der Waals surface area contributed by atoms with Crippen LogP contribution < -0.4 is 4.74 Å². The zero-order chi connectivity index (χ0) is 14.7. The van der Waals surface area contributed by atoms with E-state index in [9.17, 15) is 9.18 Å². The number of carboxylic acids is 1. The molecule has 0 bridgehead atoms. The Kier molecular flexibility index (Phi) is 4.03. The van der Waals surface area contributed by atoms with Gasteiger partial charge in [0.2, 0.25) is 0 Å². The van der Waals surface area contributed by atoms with E-state index in [-0.39, 0.29) is 11.7 Å². The summed E-state index contributed by atoms with van der Waals surface area (Å²) in [6.07, 6.45) is -0.000658. The smallest absolute Gasteiger partial charge is 0.338 e. The van der Waals surface area contributed by atoms with Crippen LogP contribution in [0.2, 0.25) is 0 Å². The number of rotatable bonds is 4. The van der Waals surface area contributed by atoms with Crippen molar-refractivity contribution in [3.05, 3.63) is 53.8 Å². The van der Waals surface area contributed by atoms with Gasteiger partial charge in [0.15, 0.2) is 0 Å². The number of carboxylic acid groups (broad SMARTS) is 1. The van der Waals surface area contributed by atoms with Crippen molar-refractivity contribution in [3.8, 4) is 16.9 Å². The van der Waals surface area contributed by atoms with Gasteiger partial charge in [0.05, 0.1) is 11.7 Å². The second-order valence-electron chi connectivity index (χ2n) is 4.66. The first-order valence-electron chi connectivity index (χ1n) is 6.28. The molecular weight excluding hydrogens is 259 g/mol. The third kappa shape index (κ3) is 2.96. The Hall–Kier alpha value is -2.36. The number of hydrogen-bond acceptors (Lipinski definition) is 2. The summed E-state index contributed by atoms with van der Waals surface area (Å²) in [5, 5.41) is 8.84. The molecular formula is C16H15FO3. The first kappa shape index (κ1) is 14.1. The van der Waals surface area contributed by atoms with E-state index in [4.69, 9.17) is 9.84 Å². The minimum absolute atomic E-state index is 0.000658. The summed E-state index contributed by atoms with van der Waals surface area (Å²) in [4.78, 5) is 10.8. The summed E-state index contributed by atoms with van der Waals surface area (Å²) >= 11 is 0. The molecule has 0 aliphatic rings. The van der Waals surface area contributed by atoms with E-state index in [1.165, 1.54) is 12.1 Å². The van der Waals surface area contributed by atoms with E-state index in [1.807, 2.05) is 32.0 Å². The van der Waals surface area contributed by atoms with Crippen molar-refractivity contribution in [2.24, 2.45) is 0 Å². The molecule has 1 N–H and O–H groups in total. The van der Waals surface area contributed by atoms with Crippen molar-refractivity contribution in [3.63, 3.8) is 0 Å². The van der Waals surface area contributed by atoms with Gasteiger partial charge in [0.25, 0.3) is 0 Å². The lowest BCUT2D eigenvalue weighted by Gasteiger charge is -2.14. The Labute approximate surface area is 116 Å². The van der Waals surface area contributed by atoms with Gasteiger partial charge in [-0.15, -0.1) is 0 Å². The van der Waals surface area contributed by atoms with E-state index in [0.29, 0.717) is 11.3 Å². The molecule has 2 aromatic rings. The lowest BCUT2D eigenvalue weighted by atomic mass is 10.0. The highest BCUT2D eigenvalue weighted by Gasteiger charge is 2.13. The molecule has 3 nitrogen and oxygen atoms in total. The van der Waals surface area contributed by atoms with E-state index >= 15 is 0 Å². The van der Waals surface area contributed by atoms with Crippen LogP contribution in [-0.2, 0) is 0 Å². The Bertz CT molecular complexity index is 635. The first-order chi connectivity index (χ1) is 9.49. The molecule has 0 unspecified atom stereocenters. The predicted molar refractivity (Wildman–Crippen MR) is 74.6 cm³/mol. The fraction of sp³-hybridized carbons (Fsp3) is 0.188. The van der Waals surface area contributed by atoms with Crippen molar-refractivity contribution in [2.45, 2.75) is 20.0 Å². The highest BCUT2D eigenvalue weighted by Crippen LogP contribution is 2.31. The largest absolute Gasteiger partial charge is 0.490 e. The van der Waals surface area contributed by atoms with Crippen molar-refractivity contribution in [1.82, 2.24) is 0 Å². The summed E-state index contributed by atoms with van der Waals surface area (Å²) in [7, 11) is 0. The maximum absolute atomic E-state index is 13.8. The molecule has 0 radical (unpaired) electrons. The zero-order valence-corrected chi connectivity index (χ0v) is 11.3. The number of ether oxygens (including phenoxy) is 1. The Morgan fingerprint density at radius 1 is 1.20 bits per heavy atom. The molecule has 0 fully saturated rings. The second-order valence-corrected chi connectivity index (χ2v) is 4.66. The first-order valence-corrected chi connectivity index (χ1v) is 6.28. The number of carbonyl (C=O) groups is 1. The zero-order valence-electron chi connectivity index (χ0n) is 11.3. The molecule has 0 amide bonds. The maximum Gasteiger partial charge on any atom is 0.338 e. The van der Waals surface area contributed by atoms with Gasteiger partial charge < -0.3 is 9.84 Å². The lowest BCUT2D eigenvalue weighted by Crippen LogP contribution is -2.06. The molecule has 0 spiro atoms. The van der Waals surface area contributed by atoms with Crippen molar-refractivity contribution >= 4 is 5.97 Å². The van der Waals surface area contributed by atoms with Crippen LogP contribution in [0.15, 0.2) is 42.5 Å². The third-order valence-corrected chi connectivity index (χ3v) is 2.76. The Morgan fingerprint density at radius 3 is 2.50 bits per heavy atom. The van der Waals surface area contributed by atoms with Gasteiger partial charge in [-0.2, -0.15) is 0 Å². The van der Waals surface area contributed by atoms with E-state index in [0.717, 1.165) is 5.56 Å². The topological polar surface area (TPSA) is 46.5 Å². The average molecular weight is 274 g/mol. The van der Waals surface area contributed by atoms with Crippen LogP contribution in [0.5, 0.6) is 5.75 Å². The van der Waals surface area contributed by atoms with Crippen molar-refractivity contribution in [1.29, 1.82) is 0 Å². The minimum Gasteiger partial charge on any atom is -0.490 e. The summed E-state index contributed by atoms with van der Waals surface area (Å²) in [5.41, 5.74) is 0.983. The lowest BCUT2D eigenvalue weighted by molar-refractivity contribution is 0.0692. The predicted octanol–water partition coefficient (Wildman–Crippen LogP) is 3.98. The molecule has 2 rings (SSSR count). The molecule has 0 saturated heterocycles. The van der Waals surface area contributed by atoms with Crippen LogP contribution in [0.1, 0.15) is 24.2 Å². The van der Waals surface area contributed by atoms with Gasteiger partial charge in [-0.1, -0.05) is 24.3 Å². The molecule has 0 atom stereocenters. The van der Waals surface area contributed by atoms with Crippen LogP contribution in [-0.4, -0.2) is 17.2 Å². The number of halogens is 1. The van der Waals surface area contributed by atoms with Gasteiger partial charge in [0.1, 0.15) is 11.6 Å². The molecule has 0 aliphatic heterocycles. The quantitative estimate of drug-likeness (QED) is 0.917. The monoisotopic (exact) mass is 274 g/mol. The van der Waals surface area contributed by atoms with E-state index in [1.54, 1.807) is 12.1 Å². The van der Waals surface area contributed by atoms with Gasteiger partial charge >= 0.3 is 5.97 Å². The molecule has 0 saturated carbocycles. The minimum atomic E-state index is -1.28.